The molecule has 0 aliphatic rings. The molecule has 2 rings (SSSR count). The predicted octanol–water partition coefficient (Wildman–Crippen LogP) is 2.01. The number of rotatable bonds is 5. The Kier molecular flexibility index (Phi) is 4.37. The molecule has 0 spiro atoms. The van der Waals surface area contributed by atoms with Gasteiger partial charge in [0, 0.05) is 5.56 Å². The van der Waals surface area contributed by atoms with E-state index >= 15 is 0 Å². The number of hydrogen-bond acceptors (Lipinski definition) is 6. The summed E-state index contributed by atoms with van der Waals surface area (Å²) in [5, 5.41) is 6.89. The number of amides is 1. The van der Waals surface area contributed by atoms with Gasteiger partial charge in [0.2, 0.25) is 5.89 Å². The highest BCUT2D eigenvalue weighted by Crippen LogP contribution is 2.21. The third-order valence-corrected chi connectivity index (χ3v) is 3.29. The van der Waals surface area contributed by atoms with Crippen molar-refractivity contribution in [3.05, 3.63) is 34.9 Å². The first-order chi connectivity index (χ1) is 10.2. The van der Waals surface area contributed by atoms with Gasteiger partial charge >= 0.3 is 0 Å². The third kappa shape index (κ3) is 3.36. The van der Waals surface area contributed by atoms with Gasteiger partial charge in [0.15, 0.2) is 5.82 Å². The summed E-state index contributed by atoms with van der Waals surface area (Å²) in [5.74, 6) is 1.33. The monoisotopic (exact) mass is 306 g/mol. The molecular formula is C15H22N4O3. The van der Waals surface area contributed by atoms with Gasteiger partial charge in [0.1, 0.15) is 5.76 Å². The normalized spacial score (nSPS) is 12.0. The molecule has 0 atom stereocenters. The van der Waals surface area contributed by atoms with E-state index in [-0.39, 0.29) is 5.91 Å². The first-order valence-electron chi connectivity index (χ1n) is 7.05. The average molecular weight is 306 g/mol. The molecule has 120 valence electrons. The molecule has 0 unspecified atom stereocenters. The second-order valence-corrected chi connectivity index (χ2v) is 6.18. The van der Waals surface area contributed by atoms with Crippen LogP contribution >= 0.6 is 0 Å². The summed E-state index contributed by atoms with van der Waals surface area (Å²) in [7, 11) is 3.84. The summed E-state index contributed by atoms with van der Waals surface area (Å²) < 4.78 is 10.5. The van der Waals surface area contributed by atoms with Gasteiger partial charge < -0.3 is 19.2 Å². The fourth-order valence-corrected chi connectivity index (χ4v) is 2.16. The number of aromatic nitrogens is 2. The van der Waals surface area contributed by atoms with Crippen LogP contribution in [-0.4, -0.2) is 35.0 Å². The number of hydrogen-bond donors (Lipinski definition) is 1. The average Bonchev–Trinajstić information content (AvgIpc) is 2.96. The van der Waals surface area contributed by atoms with E-state index in [9.17, 15) is 4.79 Å². The molecule has 22 heavy (non-hydrogen) atoms. The molecule has 0 aliphatic carbocycles. The first kappa shape index (κ1) is 16.2. The molecule has 1 amide bonds. The van der Waals surface area contributed by atoms with E-state index in [0.29, 0.717) is 29.6 Å². The zero-order chi connectivity index (χ0) is 16.5. The minimum Gasteiger partial charge on any atom is -0.469 e. The van der Waals surface area contributed by atoms with Gasteiger partial charge in [-0.3, -0.25) is 4.79 Å². The Morgan fingerprint density at radius 1 is 1.36 bits per heavy atom. The Bertz CT molecular complexity index is 651. The van der Waals surface area contributed by atoms with E-state index in [1.54, 1.807) is 13.2 Å². The first-order valence-corrected chi connectivity index (χ1v) is 7.05. The number of carbonyl (C=O) groups is 1. The summed E-state index contributed by atoms with van der Waals surface area (Å²) in [4.78, 5) is 18.7. The molecule has 0 aliphatic heterocycles. The van der Waals surface area contributed by atoms with Crippen molar-refractivity contribution in [1.82, 2.24) is 20.4 Å². The number of furan rings is 1. The van der Waals surface area contributed by atoms with Crippen molar-refractivity contribution in [3.8, 4) is 0 Å². The molecule has 2 aromatic rings. The van der Waals surface area contributed by atoms with Gasteiger partial charge in [-0.2, -0.15) is 4.98 Å². The number of nitrogens with one attached hydrogen (secondary N) is 1. The van der Waals surface area contributed by atoms with Crippen LogP contribution in [0.3, 0.4) is 0 Å². The highest BCUT2D eigenvalue weighted by molar-refractivity contribution is 5.96. The maximum atomic E-state index is 12.5. The molecule has 7 nitrogen and oxygen atoms in total. The minimum absolute atomic E-state index is 0.215. The molecule has 2 aromatic heterocycles. The van der Waals surface area contributed by atoms with Gasteiger partial charge in [-0.1, -0.05) is 5.16 Å². The van der Waals surface area contributed by atoms with Crippen LogP contribution in [0.4, 0.5) is 0 Å². The summed E-state index contributed by atoms with van der Waals surface area (Å²) >= 11 is 0. The Hall–Kier alpha value is -2.15. The maximum Gasteiger partial charge on any atom is 0.255 e. The number of carbonyl (C=O) groups excluding carboxylic acids is 1. The number of aryl methyl sites for hydroxylation is 2. The lowest BCUT2D eigenvalue weighted by Gasteiger charge is -2.22. The SMILES string of the molecule is Cc1coc(C)c1C(=O)NC(C)(C)c1noc(CN(C)C)n1. The van der Waals surface area contributed by atoms with Gasteiger partial charge in [-0.25, -0.2) is 0 Å². The molecule has 0 radical (unpaired) electrons. The topological polar surface area (TPSA) is 84.4 Å². The highest BCUT2D eigenvalue weighted by atomic mass is 16.5. The molecule has 0 saturated heterocycles. The van der Waals surface area contributed by atoms with Crippen molar-refractivity contribution < 1.29 is 13.7 Å². The molecule has 1 N–H and O–H groups in total. The standard InChI is InChI=1S/C15H22N4O3/c1-9-8-21-10(2)12(9)13(20)17-15(3,4)14-16-11(22-18-14)7-19(5)6/h8H,7H2,1-6H3,(H,17,20). The Labute approximate surface area is 129 Å². The summed E-state index contributed by atoms with van der Waals surface area (Å²) in [6, 6.07) is 0. The van der Waals surface area contributed by atoms with E-state index in [1.165, 1.54) is 0 Å². The van der Waals surface area contributed by atoms with Crippen LogP contribution in [-0.2, 0) is 12.1 Å². The van der Waals surface area contributed by atoms with Crippen LogP contribution in [0, 0.1) is 13.8 Å². The molecule has 2 heterocycles. The van der Waals surface area contributed by atoms with E-state index in [1.807, 2.05) is 39.8 Å². The fraction of sp³-hybridized carbons (Fsp3) is 0.533. The van der Waals surface area contributed by atoms with E-state index in [0.717, 1.165) is 5.56 Å². The van der Waals surface area contributed by atoms with Crippen LogP contribution in [0.15, 0.2) is 15.2 Å². The van der Waals surface area contributed by atoms with Crippen molar-refractivity contribution in [2.75, 3.05) is 14.1 Å². The minimum atomic E-state index is -0.749. The van der Waals surface area contributed by atoms with Crippen LogP contribution in [0.1, 0.15) is 47.2 Å². The molecule has 0 aromatic carbocycles. The van der Waals surface area contributed by atoms with Crippen molar-refractivity contribution in [2.24, 2.45) is 0 Å². The lowest BCUT2D eigenvalue weighted by Crippen LogP contribution is -2.42. The second kappa shape index (κ2) is 5.92. The fourth-order valence-electron chi connectivity index (χ4n) is 2.16. The lowest BCUT2D eigenvalue weighted by atomic mass is 10.0. The summed E-state index contributed by atoms with van der Waals surface area (Å²) in [6.07, 6.45) is 1.57. The Morgan fingerprint density at radius 2 is 2.05 bits per heavy atom. The summed E-state index contributed by atoms with van der Waals surface area (Å²) in [5.41, 5.74) is 0.596. The molecule has 0 fully saturated rings. The molecular weight excluding hydrogens is 284 g/mol. The van der Waals surface area contributed by atoms with Crippen molar-refractivity contribution in [3.63, 3.8) is 0 Å². The van der Waals surface area contributed by atoms with Crippen LogP contribution in [0.25, 0.3) is 0 Å². The molecule has 0 saturated carbocycles. The van der Waals surface area contributed by atoms with Crippen molar-refractivity contribution in [1.29, 1.82) is 0 Å². The second-order valence-electron chi connectivity index (χ2n) is 6.18. The van der Waals surface area contributed by atoms with Gasteiger partial charge in [0.05, 0.1) is 23.9 Å². The Balaban J connectivity index is 2.17. The van der Waals surface area contributed by atoms with Crippen molar-refractivity contribution in [2.45, 2.75) is 39.8 Å². The highest BCUT2D eigenvalue weighted by Gasteiger charge is 2.30. The molecule has 0 bridgehead atoms. The van der Waals surface area contributed by atoms with Crippen LogP contribution < -0.4 is 5.32 Å². The van der Waals surface area contributed by atoms with E-state index in [2.05, 4.69) is 15.5 Å². The van der Waals surface area contributed by atoms with Crippen LogP contribution in [0.5, 0.6) is 0 Å². The smallest absolute Gasteiger partial charge is 0.255 e. The number of nitrogens with zero attached hydrogens (tertiary/aromatic N) is 3. The molecule has 7 heteroatoms. The zero-order valence-corrected chi connectivity index (χ0v) is 13.9. The van der Waals surface area contributed by atoms with Gasteiger partial charge in [-0.15, -0.1) is 0 Å². The largest absolute Gasteiger partial charge is 0.469 e. The summed E-state index contributed by atoms with van der Waals surface area (Å²) in [6.45, 7) is 7.82. The zero-order valence-electron chi connectivity index (χ0n) is 13.9. The van der Waals surface area contributed by atoms with E-state index < -0.39 is 5.54 Å². The van der Waals surface area contributed by atoms with Gasteiger partial charge in [0.25, 0.3) is 5.91 Å². The quantitative estimate of drug-likeness (QED) is 0.909. The van der Waals surface area contributed by atoms with Gasteiger partial charge in [-0.05, 0) is 41.8 Å². The third-order valence-electron chi connectivity index (χ3n) is 3.29. The van der Waals surface area contributed by atoms with E-state index in [4.69, 9.17) is 8.94 Å². The lowest BCUT2D eigenvalue weighted by molar-refractivity contribution is 0.0905. The Morgan fingerprint density at radius 3 is 2.59 bits per heavy atom. The van der Waals surface area contributed by atoms with Crippen LogP contribution in [0.2, 0.25) is 0 Å². The van der Waals surface area contributed by atoms with Crippen molar-refractivity contribution >= 4 is 5.91 Å². The maximum absolute atomic E-state index is 12.5. The predicted molar refractivity (Wildman–Crippen MR) is 80.4 cm³/mol.